The summed E-state index contributed by atoms with van der Waals surface area (Å²) in [7, 11) is 1.61. The number of nitrogens with two attached hydrogens (primary N) is 1. The highest BCUT2D eigenvalue weighted by molar-refractivity contribution is 5.85. The maximum Gasteiger partial charge on any atom is 0.310 e. The molecule has 1 amide bonds. The van der Waals surface area contributed by atoms with Gasteiger partial charge in [-0.2, -0.15) is 0 Å². The van der Waals surface area contributed by atoms with E-state index in [1.165, 1.54) is 23.1 Å². The van der Waals surface area contributed by atoms with Gasteiger partial charge in [-0.3, -0.25) is 14.9 Å². The standard InChI is InChI=1S/C12H17N3O4.ClH/c1-9(7-13)14(2)12(16)8-19-11-6-4-3-5-10(11)15(17)18;/h3-6,9H,7-8,13H2,1-2H3;1H. The van der Waals surface area contributed by atoms with Gasteiger partial charge in [0.1, 0.15) is 0 Å². The number of hydrogen-bond acceptors (Lipinski definition) is 5. The Balaban J connectivity index is 0.00000361. The monoisotopic (exact) mass is 303 g/mol. The highest BCUT2D eigenvalue weighted by atomic mass is 35.5. The van der Waals surface area contributed by atoms with Gasteiger partial charge < -0.3 is 15.4 Å². The first kappa shape index (κ1) is 18.1. The van der Waals surface area contributed by atoms with Gasteiger partial charge in [-0.05, 0) is 13.0 Å². The zero-order valence-corrected chi connectivity index (χ0v) is 12.1. The molecule has 8 heteroatoms. The molecular weight excluding hydrogens is 286 g/mol. The molecule has 0 aliphatic rings. The molecule has 0 aromatic heterocycles. The summed E-state index contributed by atoms with van der Waals surface area (Å²) in [5, 5.41) is 10.8. The first-order valence-corrected chi connectivity index (χ1v) is 5.79. The second-order valence-corrected chi connectivity index (χ2v) is 4.10. The summed E-state index contributed by atoms with van der Waals surface area (Å²) >= 11 is 0. The highest BCUT2D eigenvalue weighted by Gasteiger charge is 2.18. The van der Waals surface area contributed by atoms with E-state index in [9.17, 15) is 14.9 Å². The Kier molecular flexibility index (Phi) is 7.56. The molecule has 0 radical (unpaired) electrons. The fraction of sp³-hybridized carbons (Fsp3) is 0.417. The van der Waals surface area contributed by atoms with Crippen LogP contribution in [0.15, 0.2) is 24.3 Å². The maximum absolute atomic E-state index is 11.8. The number of likely N-dealkylation sites (N-methyl/N-ethyl adjacent to an activating group) is 1. The second kappa shape index (κ2) is 8.34. The van der Waals surface area contributed by atoms with E-state index >= 15 is 0 Å². The lowest BCUT2D eigenvalue weighted by Gasteiger charge is -2.23. The minimum absolute atomic E-state index is 0. The van der Waals surface area contributed by atoms with Crippen molar-refractivity contribution >= 4 is 24.0 Å². The van der Waals surface area contributed by atoms with Gasteiger partial charge in [0.25, 0.3) is 5.91 Å². The summed E-state index contributed by atoms with van der Waals surface area (Å²) in [5.74, 6) is -0.203. The van der Waals surface area contributed by atoms with Crippen LogP contribution in [0.25, 0.3) is 0 Å². The van der Waals surface area contributed by atoms with Crippen LogP contribution in [0, 0.1) is 10.1 Å². The quantitative estimate of drug-likeness (QED) is 0.629. The van der Waals surface area contributed by atoms with Gasteiger partial charge in [0, 0.05) is 25.7 Å². The molecule has 0 spiro atoms. The van der Waals surface area contributed by atoms with Gasteiger partial charge in [-0.15, -0.1) is 12.4 Å². The molecule has 20 heavy (non-hydrogen) atoms. The first-order chi connectivity index (χ1) is 8.97. The number of nitrogens with zero attached hydrogens (tertiary/aromatic N) is 2. The number of halogens is 1. The van der Waals surface area contributed by atoms with E-state index in [-0.39, 0.29) is 42.4 Å². The number of nitro groups is 1. The van der Waals surface area contributed by atoms with Gasteiger partial charge in [0.05, 0.1) is 4.92 Å². The molecule has 1 atom stereocenters. The third-order valence-corrected chi connectivity index (χ3v) is 2.81. The van der Waals surface area contributed by atoms with E-state index in [0.29, 0.717) is 6.54 Å². The Hall–Kier alpha value is -1.86. The fourth-order valence-electron chi connectivity index (χ4n) is 1.38. The average molecular weight is 304 g/mol. The number of para-hydroxylation sites is 2. The smallest absolute Gasteiger partial charge is 0.310 e. The maximum atomic E-state index is 11.8. The number of amides is 1. The van der Waals surface area contributed by atoms with Gasteiger partial charge >= 0.3 is 5.69 Å². The Morgan fingerprint density at radius 1 is 1.50 bits per heavy atom. The lowest BCUT2D eigenvalue weighted by molar-refractivity contribution is -0.385. The normalized spacial score (nSPS) is 11.2. The molecule has 0 saturated heterocycles. The van der Waals surface area contributed by atoms with Crippen molar-refractivity contribution in [3.63, 3.8) is 0 Å². The van der Waals surface area contributed by atoms with Crippen molar-refractivity contribution in [3.8, 4) is 5.75 Å². The molecule has 2 N–H and O–H groups in total. The molecule has 1 aromatic carbocycles. The van der Waals surface area contributed by atoms with E-state index in [1.54, 1.807) is 13.1 Å². The molecule has 1 rings (SSSR count). The molecule has 1 unspecified atom stereocenters. The van der Waals surface area contributed by atoms with Crippen molar-refractivity contribution in [2.45, 2.75) is 13.0 Å². The Morgan fingerprint density at radius 2 is 2.10 bits per heavy atom. The van der Waals surface area contributed by atoms with Crippen LogP contribution in [0.4, 0.5) is 5.69 Å². The predicted octanol–water partition coefficient (Wildman–Crippen LogP) is 1.20. The van der Waals surface area contributed by atoms with E-state index in [0.717, 1.165) is 0 Å². The van der Waals surface area contributed by atoms with Gasteiger partial charge in [0.15, 0.2) is 12.4 Å². The van der Waals surface area contributed by atoms with Gasteiger partial charge in [-0.25, -0.2) is 0 Å². The van der Waals surface area contributed by atoms with Crippen LogP contribution >= 0.6 is 12.4 Å². The van der Waals surface area contributed by atoms with Crippen molar-refractivity contribution in [1.29, 1.82) is 0 Å². The van der Waals surface area contributed by atoms with Gasteiger partial charge in [-0.1, -0.05) is 12.1 Å². The third-order valence-electron chi connectivity index (χ3n) is 2.81. The molecule has 0 fully saturated rings. The second-order valence-electron chi connectivity index (χ2n) is 4.10. The van der Waals surface area contributed by atoms with Gasteiger partial charge in [0.2, 0.25) is 0 Å². The minimum Gasteiger partial charge on any atom is -0.477 e. The summed E-state index contributed by atoms with van der Waals surface area (Å²) < 4.78 is 5.20. The summed E-state index contributed by atoms with van der Waals surface area (Å²) in [6.07, 6.45) is 0. The van der Waals surface area contributed by atoms with E-state index in [2.05, 4.69) is 0 Å². The van der Waals surface area contributed by atoms with Crippen LogP contribution in [0.5, 0.6) is 5.75 Å². The van der Waals surface area contributed by atoms with Crippen molar-refractivity contribution in [3.05, 3.63) is 34.4 Å². The van der Waals surface area contributed by atoms with Crippen molar-refractivity contribution in [1.82, 2.24) is 4.90 Å². The lowest BCUT2D eigenvalue weighted by Crippen LogP contribution is -2.42. The number of ether oxygens (including phenoxy) is 1. The summed E-state index contributed by atoms with van der Waals surface area (Å²) in [6.45, 7) is 1.89. The predicted molar refractivity (Wildman–Crippen MR) is 77.1 cm³/mol. The summed E-state index contributed by atoms with van der Waals surface area (Å²) in [4.78, 5) is 23.4. The van der Waals surface area contributed by atoms with Crippen LogP contribution < -0.4 is 10.5 Å². The molecule has 7 nitrogen and oxygen atoms in total. The average Bonchev–Trinajstić information content (AvgIpc) is 2.43. The van der Waals surface area contributed by atoms with Crippen molar-refractivity contribution in [2.75, 3.05) is 20.2 Å². The SMILES string of the molecule is CC(CN)N(C)C(=O)COc1ccccc1[N+](=O)[O-].Cl. The molecule has 1 aromatic rings. The number of carbonyl (C=O) groups is 1. The van der Waals surface area contributed by atoms with Crippen LogP contribution in [0.2, 0.25) is 0 Å². The highest BCUT2D eigenvalue weighted by Crippen LogP contribution is 2.25. The van der Waals surface area contributed by atoms with E-state index in [1.807, 2.05) is 6.92 Å². The number of benzene rings is 1. The number of nitro benzene ring substituents is 1. The van der Waals surface area contributed by atoms with Crippen LogP contribution in [-0.2, 0) is 4.79 Å². The number of carbonyl (C=O) groups excluding carboxylic acids is 1. The van der Waals surface area contributed by atoms with Crippen LogP contribution in [0.1, 0.15) is 6.92 Å². The summed E-state index contributed by atoms with van der Waals surface area (Å²) in [6, 6.07) is 5.82. The minimum atomic E-state index is -0.550. The Labute approximate surface area is 123 Å². The molecule has 0 bridgehead atoms. The van der Waals surface area contributed by atoms with Crippen LogP contribution in [-0.4, -0.2) is 42.0 Å². The Bertz CT molecular complexity index is 470. The molecular formula is C12H18ClN3O4. The largest absolute Gasteiger partial charge is 0.477 e. The topological polar surface area (TPSA) is 98.7 Å². The molecule has 112 valence electrons. The third kappa shape index (κ3) is 4.67. The molecule has 0 aliphatic heterocycles. The Morgan fingerprint density at radius 3 is 2.65 bits per heavy atom. The molecule has 0 saturated carbocycles. The molecule has 0 aliphatic carbocycles. The number of hydrogen-bond donors (Lipinski definition) is 1. The fourth-order valence-corrected chi connectivity index (χ4v) is 1.38. The zero-order chi connectivity index (χ0) is 14.4. The van der Waals surface area contributed by atoms with Crippen molar-refractivity contribution in [2.24, 2.45) is 5.73 Å². The zero-order valence-electron chi connectivity index (χ0n) is 11.3. The number of rotatable bonds is 6. The van der Waals surface area contributed by atoms with E-state index < -0.39 is 4.92 Å². The van der Waals surface area contributed by atoms with Crippen LogP contribution in [0.3, 0.4) is 0 Å². The first-order valence-electron chi connectivity index (χ1n) is 5.79. The molecule has 0 heterocycles. The van der Waals surface area contributed by atoms with E-state index in [4.69, 9.17) is 10.5 Å². The summed E-state index contributed by atoms with van der Waals surface area (Å²) in [5.41, 5.74) is 5.30. The lowest BCUT2D eigenvalue weighted by atomic mass is 10.3. The van der Waals surface area contributed by atoms with Crippen molar-refractivity contribution < 1.29 is 14.5 Å².